The van der Waals surface area contributed by atoms with Crippen molar-refractivity contribution in [1.82, 2.24) is 9.97 Å². The molecule has 1 heterocycles. The number of ether oxygens (including phenoxy) is 1. The maximum Gasteiger partial charge on any atom is 0.313 e. The highest BCUT2D eigenvalue weighted by atomic mass is 16.5. The third-order valence-electron chi connectivity index (χ3n) is 2.05. The van der Waals surface area contributed by atoms with E-state index in [0.717, 1.165) is 12.8 Å². The van der Waals surface area contributed by atoms with Gasteiger partial charge in [-0.2, -0.15) is 4.98 Å². The van der Waals surface area contributed by atoms with E-state index in [0.29, 0.717) is 6.61 Å². The number of primary amides is 1. The number of carbonyl (C=O) groups is 2. The van der Waals surface area contributed by atoms with E-state index in [1.54, 1.807) is 0 Å². The summed E-state index contributed by atoms with van der Waals surface area (Å²) in [5.41, 5.74) is 4.76. The molecule has 1 rings (SSSR count). The van der Waals surface area contributed by atoms with Crippen LogP contribution in [0.25, 0.3) is 0 Å². The molecule has 0 aliphatic rings. The van der Waals surface area contributed by atoms with E-state index in [9.17, 15) is 14.7 Å². The molecule has 0 unspecified atom stereocenters. The SMILES string of the molecule is CCCCOC(=O)Cc1nc(O)c(C(N)=O)[nH]1. The Labute approximate surface area is 98.0 Å². The maximum absolute atomic E-state index is 11.3. The van der Waals surface area contributed by atoms with Crippen LogP contribution in [-0.4, -0.2) is 33.6 Å². The van der Waals surface area contributed by atoms with Gasteiger partial charge in [0.25, 0.3) is 5.91 Å². The van der Waals surface area contributed by atoms with E-state index in [2.05, 4.69) is 9.97 Å². The number of nitrogens with zero attached hydrogens (tertiary/aromatic N) is 1. The Morgan fingerprint density at radius 1 is 1.53 bits per heavy atom. The minimum atomic E-state index is -0.833. The number of esters is 1. The minimum Gasteiger partial charge on any atom is -0.492 e. The number of H-pyrrole nitrogens is 1. The van der Waals surface area contributed by atoms with Gasteiger partial charge in [0.2, 0.25) is 5.88 Å². The molecule has 0 atom stereocenters. The zero-order valence-corrected chi connectivity index (χ0v) is 9.52. The van der Waals surface area contributed by atoms with Gasteiger partial charge in [-0.15, -0.1) is 0 Å². The summed E-state index contributed by atoms with van der Waals surface area (Å²) in [6.07, 6.45) is 1.59. The Hall–Kier alpha value is -2.05. The van der Waals surface area contributed by atoms with E-state index in [1.165, 1.54) is 0 Å². The van der Waals surface area contributed by atoms with Crippen LogP contribution < -0.4 is 5.73 Å². The summed E-state index contributed by atoms with van der Waals surface area (Å²) >= 11 is 0. The number of aromatic nitrogens is 2. The molecule has 0 aliphatic heterocycles. The second kappa shape index (κ2) is 5.88. The fraction of sp³-hybridized carbons (Fsp3) is 0.500. The number of rotatable bonds is 6. The fourth-order valence-corrected chi connectivity index (χ4v) is 1.19. The molecule has 0 fully saturated rings. The number of unbranched alkanes of at least 4 members (excludes halogenated alkanes) is 1. The predicted molar refractivity (Wildman–Crippen MR) is 58.3 cm³/mol. The number of amides is 1. The first-order valence-electron chi connectivity index (χ1n) is 5.27. The predicted octanol–water partition coefficient (Wildman–Crippen LogP) is 0.1000. The molecule has 0 aliphatic carbocycles. The number of hydrogen-bond acceptors (Lipinski definition) is 5. The van der Waals surface area contributed by atoms with E-state index >= 15 is 0 Å². The van der Waals surface area contributed by atoms with Gasteiger partial charge in [-0.1, -0.05) is 13.3 Å². The van der Waals surface area contributed by atoms with Crippen LogP contribution >= 0.6 is 0 Å². The molecule has 7 nitrogen and oxygen atoms in total. The van der Waals surface area contributed by atoms with Gasteiger partial charge >= 0.3 is 5.97 Å². The summed E-state index contributed by atoms with van der Waals surface area (Å²) in [5, 5.41) is 9.23. The zero-order valence-electron chi connectivity index (χ0n) is 9.52. The minimum absolute atomic E-state index is 0.134. The van der Waals surface area contributed by atoms with Crippen LogP contribution in [0.4, 0.5) is 0 Å². The van der Waals surface area contributed by atoms with Crippen molar-refractivity contribution in [2.45, 2.75) is 26.2 Å². The number of aromatic hydroxyl groups is 1. The standard InChI is InChI=1S/C10H15N3O4/c1-2-3-4-17-7(14)5-6-12-8(9(11)15)10(16)13-6/h16H,2-5H2,1H3,(H2,11,15)(H,12,13). The van der Waals surface area contributed by atoms with Crippen molar-refractivity contribution in [1.29, 1.82) is 0 Å². The molecule has 0 saturated heterocycles. The first kappa shape index (κ1) is 13.0. The summed E-state index contributed by atoms with van der Waals surface area (Å²) < 4.78 is 4.90. The molecule has 94 valence electrons. The Morgan fingerprint density at radius 2 is 2.24 bits per heavy atom. The van der Waals surface area contributed by atoms with E-state index in [4.69, 9.17) is 10.5 Å². The maximum atomic E-state index is 11.3. The number of aromatic amines is 1. The largest absolute Gasteiger partial charge is 0.492 e. The molecule has 0 aromatic carbocycles. The van der Waals surface area contributed by atoms with E-state index in [-0.39, 0.29) is 17.9 Å². The molecule has 1 aromatic rings. The van der Waals surface area contributed by atoms with Crippen LogP contribution in [0.15, 0.2) is 0 Å². The van der Waals surface area contributed by atoms with E-state index < -0.39 is 17.8 Å². The number of nitrogens with one attached hydrogen (secondary N) is 1. The summed E-state index contributed by atoms with van der Waals surface area (Å²) in [7, 11) is 0. The van der Waals surface area contributed by atoms with Crippen molar-refractivity contribution in [3.05, 3.63) is 11.5 Å². The van der Waals surface area contributed by atoms with Crippen LogP contribution in [0.3, 0.4) is 0 Å². The second-order valence-corrected chi connectivity index (χ2v) is 3.50. The highest BCUT2D eigenvalue weighted by Gasteiger charge is 2.16. The van der Waals surface area contributed by atoms with Gasteiger partial charge in [0.15, 0.2) is 5.69 Å². The quantitative estimate of drug-likeness (QED) is 0.482. The molecule has 7 heteroatoms. The van der Waals surface area contributed by atoms with Gasteiger partial charge in [-0.25, -0.2) is 0 Å². The molecule has 1 amide bonds. The Morgan fingerprint density at radius 3 is 2.76 bits per heavy atom. The first-order valence-corrected chi connectivity index (χ1v) is 5.27. The second-order valence-electron chi connectivity index (χ2n) is 3.50. The number of nitrogens with two attached hydrogens (primary N) is 1. The fourth-order valence-electron chi connectivity index (χ4n) is 1.19. The summed E-state index contributed by atoms with van der Waals surface area (Å²) in [5.74, 6) is -1.66. The van der Waals surface area contributed by atoms with Gasteiger partial charge in [0.1, 0.15) is 12.2 Å². The van der Waals surface area contributed by atoms with Gasteiger partial charge in [-0.3, -0.25) is 9.59 Å². The molecule has 17 heavy (non-hydrogen) atoms. The highest BCUT2D eigenvalue weighted by molar-refractivity contribution is 5.93. The van der Waals surface area contributed by atoms with Gasteiger partial charge in [0.05, 0.1) is 6.61 Å². The van der Waals surface area contributed by atoms with Crippen LogP contribution in [0.5, 0.6) is 5.88 Å². The Kier molecular flexibility index (Phi) is 4.50. The van der Waals surface area contributed by atoms with Crippen molar-refractivity contribution in [3.8, 4) is 5.88 Å². The normalized spacial score (nSPS) is 10.2. The lowest BCUT2D eigenvalue weighted by Gasteiger charge is -2.01. The molecule has 0 saturated carbocycles. The van der Waals surface area contributed by atoms with Crippen molar-refractivity contribution in [2.75, 3.05) is 6.61 Å². The molecular weight excluding hydrogens is 226 g/mol. The van der Waals surface area contributed by atoms with Crippen molar-refractivity contribution >= 4 is 11.9 Å². The summed E-state index contributed by atoms with van der Waals surface area (Å²) in [6.45, 7) is 2.34. The van der Waals surface area contributed by atoms with Gasteiger partial charge in [-0.05, 0) is 6.42 Å². The number of carbonyl (C=O) groups excluding carboxylic acids is 2. The molecular formula is C10H15N3O4. The topological polar surface area (TPSA) is 118 Å². The third kappa shape index (κ3) is 3.78. The lowest BCUT2D eigenvalue weighted by Crippen LogP contribution is -2.13. The average Bonchev–Trinajstić information content (AvgIpc) is 2.60. The number of hydrogen-bond donors (Lipinski definition) is 3. The van der Waals surface area contributed by atoms with E-state index in [1.807, 2.05) is 6.92 Å². The molecule has 0 bridgehead atoms. The smallest absolute Gasteiger partial charge is 0.313 e. The monoisotopic (exact) mass is 241 g/mol. The van der Waals surface area contributed by atoms with Crippen LogP contribution in [0.1, 0.15) is 36.1 Å². The summed E-state index contributed by atoms with van der Waals surface area (Å²) in [4.78, 5) is 28.2. The molecule has 1 aromatic heterocycles. The third-order valence-corrected chi connectivity index (χ3v) is 2.05. The number of imidazole rings is 1. The highest BCUT2D eigenvalue weighted by Crippen LogP contribution is 2.12. The van der Waals surface area contributed by atoms with Gasteiger partial charge in [0, 0.05) is 0 Å². The molecule has 0 radical (unpaired) electrons. The Balaban J connectivity index is 2.54. The van der Waals surface area contributed by atoms with Crippen LogP contribution in [0.2, 0.25) is 0 Å². The lowest BCUT2D eigenvalue weighted by atomic mass is 10.3. The lowest BCUT2D eigenvalue weighted by molar-refractivity contribution is -0.143. The zero-order chi connectivity index (χ0) is 12.8. The Bertz CT molecular complexity index is 414. The van der Waals surface area contributed by atoms with Crippen LogP contribution in [-0.2, 0) is 16.0 Å². The van der Waals surface area contributed by atoms with Gasteiger partial charge < -0.3 is 20.6 Å². The van der Waals surface area contributed by atoms with Crippen molar-refractivity contribution in [3.63, 3.8) is 0 Å². The average molecular weight is 241 g/mol. The summed E-state index contributed by atoms with van der Waals surface area (Å²) in [6, 6.07) is 0. The molecule has 0 spiro atoms. The first-order chi connectivity index (χ1) is 8.04. The molecule has 4 N–H and O–H groups in total. The van der Waals surface area contributed by atoms with Crippen LogP contribution in [0, 0.1) is 0 Å². The van der Waals surface area contributed by atoms with Crippen molar-refractivity contribution < 1.29 is 19.4 Å². The van der Waals surface area contributed by atoms with Crippen molar-refractivity contribution in [2.24, 2.45) is 5.73 Å².